The molecule has 0 radical (unpaired) electrons. The minimum Gasteiger partial charge on any atom is -0.329 e. The first kappa shape index (κ1) is 12.1. The van der Waals surface area contributed by atoms with Gasteiger partial charge in [0, 0.05) is 30.6 Å². The van der Waals surface area contributed by atoms with Gasteiger partial charge in [0.15, 0.2) is 0 Å². The second-order valence-electron chi connectivity index (χ2n) is 3.47. The predicted octanol–water partition coefficient (Wildman–Crippen LogP) is 1.31. The van der Waals surface area contributed by atoms with E-state index in [2.05, 4.69) is 0 Å². The van der Waals surface area contributed by atoms with Crippen LogP contribution in [-0.2, 0) is 0 Å². The Labute approximate surface area is 86.0 Å². The number of halogens is 3. The lowest BCUT2D eigenvalue weighted by Crippen LogP contribution is -2.54. The molecule has 0 saturated carbocycles. The van der Waals surface area contributed by atoms with Crippen LogP contribution in [0.1, 0.15) is 6.92 Å². The Balaban J connectivity index is 2.60. The second-order valence-corrected chi connectivity index (χ2v) is 5.02. The Bertz CT molecular complexity index is 186. The number of hydrogen-bond acceptors (Lipinski definition) is 3. The summed E-state index contributed by atoms with van der Waals surface area (Å²) in [5.74, 6) is 0.758. The number of hydrogen-bond donors (Lipinski definition) is 1. The fourth-order valence-electron chi connectivity index (χ4n) is 1.62. The van der Waals surface area contributed by atoms with Crippen LogP contribution in [0.2, 0.25) is 0 Å². The number of nitrogens with two attached hydrogens (primary N) is 1. The summed E-state index contributed by atoms with van der Waals surface area (Å²) in [5, 5.41) is 0.264. The van der Waals surface area contributed by atoms with Crippen LogP contribution in [0.4, 0.5) is 13.2 Å². The first-order valence-corrected chi connectivity index (χ1v) is 5.62. The van der Waals surface area contributed by atoms with Gasteiger partial charge >= 0.3 is 6.18 Å². The average Bonchev–Trinajstić information content (AvgIpc) is 2.02. The maximum absolute atomic E-state index is 12.5. The van der Waals surface area contributed by atoms with Crippen molar-refractivity contribution in [3.8, 4) is 0 Å². The topological polar surface area (TPSA) is 29.3 Å². The van der Waals surface area contributed by atoms with Crippen LogP contribution in [-0.4, -0.2) is 47.8 Å². The molecule has 1 aliphatic heterocycles. The largest absolute Gasteiger partial charge is 0.405 e. The van der Waals surface area contributed by atoms with E-state index in [1.54, 1.807) is 11.8 Å². The SMILES string of the molecule is CC1CN(C(CN)C(F)(F)F)CCS1. The van der Waals surface area contributed by atoms with Gasteiger partial charge in [-0.2, -0.15) is 24.9 Å². The Morgan fingerprint density at radius 3 is 2.64 bits per heavy atom. The number of rotatable bonds is 2. The average molecular weight is 228 g/mol. The summed E-state index contributed by atoms with van der Waals surface area (Å²) in [6.45, 7) is 2.56. The van der Waals surface area contributed by atoms with Crippen LogP contribution < -0.4 is 5.73 Å². The first-order valence-electron chi connectivity index (χ1n) is 4.57. The first-order chi connectivity index (χ1) is 6.45. The molecule has 2 atom stereocenters. The number of thioether (sulfide) groups is 1. The zero-order chi connectivity index (χ0) is 10.8. The third kappa shape index (κ3) is 3.03. The molecule has 0 aliphatic carbocycles. The van der Waals surface area contributed by atoms with Crippen molar-refractivity contribution in [1.82, 2.24) is 4.90 Å². The molecule has 1 fully saturated rings. The monoisotopic (exact) mass is 228 g/mol. The van der Waals surface area contributed by atoms with E-state index in [1.807, 2.05) is 6.92 Å². The van der Waals surface area contributed by atoms with Crippen LogP contribution in [0.15, 0.2) is 0 Å². The highest BCUT2D eigenvalue weighted by atomic mass is 32.2. The summed E-state index contributed by atoms with van der Waals surface area (Å²) in [7, 11) is 0. The molecule has 1 rings (SSSR count). The molecule has 0 spiro atoms. The molecule has 1 aliphatic rings. The van der Waals surface area contributed by atoms with Crippen molar-refractivity contribution in [2.24, 2.45) is 5.73 Å². The molecule has 0 aromatic heterocycles. The highest BCUT2D eigenvalue weighted by Gasteiger charge is 2.43. The van der Waals surface area contributed by atoms with Gasteiger partial charge < -0.3 is 5.73 Å². The van der Waals surface area contributed by atoms with Crippen molar-refractivity contribution >= 4 is 11.8 Å². The smallest absolute Gasteiger partial charge is 0.329 e. The van der Waals surface area contributed by atoms with Crippen molar-refractivity contribution < 1.29 is 13.2 Å². The quantitative estimate of drug-likeness (QED) is 0.772. The van der Waals surface area contributed by atoms with Crippen molar-refractivity contribution in [3.63, 3.8) is 0 Å². The molecule has 2 N–H and O–H groups in total. The Kier molecular flexibility index (Phi) is 4.09. The molecule has 84 valence electrons. The molecule has 1 heterocycles. The maximum Gasteiger partial charge on any atom is 0.405 e. The van der Waals surface area contributed by atoms with Gasteiger partial charge in [-0.25, -0.2) is 0 Å². The van der Waals surface area contributed by atoms with E-state index in [1.165, 1.54) is 4.90 Å². The normalized spacial score (nSPS) is 27.6. The minimum atomic E-state index is -4.20. The van der Waals surface area contributed by atoms with Crippen LogP contribution in [0.3, 0.4) is 0 Å². The molecule has 2 unspecified atom stereocenters. The fourth-order valence-corrected chi connectivity index (χ4v) is 2.66. The standard InChI is InChI=1S/C8H15F3N2S/c1-6-5-13(2-3-14-6)7(4-12)8(9,10)11/h6-7H,2-5,12H2,1H3. The van der Waals surface area contributed by atoms with Crippen LogP contribution >= 0.6 is 11.8 Å². The van der Waals surface area contributed by atoms with Crippen molar-refractivity contribution in [2.75, 3.05) is 25.4 Å². The third-order valence-electron chi connectivity index (χ3n) is 2.31. The molecule has 0 aromatic carbocycles. The minimum absolute atomic E-state index is 0.264. The molecular weight excluding hydrogens is 213 g/mol. The molecule has 2 nitrogen and oxygen atoms in total. The van der Waals surface area contributed by atoms with E-state index in [9.17, 15) is 13.2 Å². The zero-order valence-corrected chi connectivity index (χ0v) is 8.87. The summed E-state index contributed by atoms with van der Waals surface area (Å²) in [4.78, 5) is 1.45. The second kappa shape index (κ2) is 4.72. The van der Waals surface area contributed by atoms with Crippen LogP contribution in [0.25, 0.3) is 0 Å². The van der Waals surface area contributed by atoms with Crippen LogP contribution in [0, 0.1) is 0 Å². The Morgan fingerprint density at radius 2 is 2.21 bits per heavy atom. The lowest BCUT2D eigenvalue weighted by molar-refractivity contribution is -0.180. The van der Waals surface area contributed by atoms with Gasteiger partial charge in [-0.3, -0.25) is 4.90 Å². The molecular formula is C8H15F3N2S. The molecule has 6 heteroatoms. The molecule has 0 bridgehead atoms. The Hall–Kier alpha value is 0.0600. The van der Waals surface area contributed by atoms with E-state index in [0.717, 1.165) is 5.75 Å². The van der Waals surface area contributed by atoms with Crippen molar-refractivity contribution in [1.29, 1.82) is 0 Å². The molecule has 14 heavy (non-hydrogen) atoms. The maximum atomic E-state index is 12.5. The molecule has 1 saturated heterocycles. The predicted molar refractivity (Wildman–Crippen MR) is 52.4 cm³/mol. The van der Waals surface area contributed by atoms with E-state index in [0.29, 0.717) is 13.1 Å². The van der Waals surface area contributed by atoms with E-state index in [4.69, 9.17) is 5.73 Å². The van der Waals surface area contributed by atoms with Gasteiger partial charge in [0.2, 0.25) is 0 Å². The van der Waals surface area contributed by atoms with Gasteiger partial charge in [0.05, 0.1) is 0 Å². The van der Waals surface area contributed by atoms with Gasteiger partial charge in [-0.1, -0.05) is 6.92 Å². The van der Waals surface area contributed by atoms with E-state index >= 15 is 0 Å². The summed E-state index contributed by atoms with van der Waals surface area (Å²) >= 11 is 1.71. The van der Waals surface area contributed by atoms with Gasteiger partial charge in [-0.05, 0) is 0 Å². The summed E-state index contributed by atoms with van der Waals surface area (Å²) in [5.41, 5.74) is 5.17. The van der Waals surface area contributed by atoms with Crippen LogP contribution in [0.5, 0.6) is 0 Å². The van der Waals surface area contributed by atoms with E-state index in [-0.39, 0.29) is 11.8 Å². The fraction of sp³-hybridized carbons (Fsp3) is 1.00. The van der Waals surface area contributed by atoms with Gasteiger partial charge in [0.25, 0.3) is 0 Å². The van der Waals surface area contributed by atoms with Crippen molar-refractivity contribution in [3.05, 3.63) is 0 Å². The highest BCUT2D eigenvalue weighted by molar-refractivity contribution is 7.99. The lowest BCUT2D eigenvalue weighted by Gasteiger charge is -2.37. The Morgan fingerprint density at radius 1 is 1.57 bits per heavy atom. The molecule has 0 amide bonds. The van der Waals surface area contributed by atoms with Gasteiger partial charge in [-0.15, -0.1) is 0 Å². The summed E-state index contributed by atoms with van der Waals surface area (Å²) < 4.78 is 37.5. The molecule has 0 aromatic rings. The number of alkyl halides is 3. The zero-order valence-electron chi connectivity index (χ0n) is 8.05. The number of nitrogens with zero attached hydrogens (tertiary/aromatic N) is 1. The summed E-state index contributed by atoms with van der Waals surface area (Å²) in [6.07, 6.45) is -4.20. The lowest BCUT2D eigenvalue weighted by atomic mass is 10.2. The summed E-state index contributed by atoms with van der Waals surface area (Å²) in [6, 6.07) is -1.47. The van der Waals surface area contributed by atoms with Gasteiger partial charge in [0.1, 0.15) is 6.04 Å². The van der Waals surface area contributed by atoms with Crippen molar-refractivity contribution in [2.45, 2.75) is 24.4 Å². The highest BCUT2D eigenvalue weighted by Crippen LogP contribution is 2.28. The van der Waals surface area contributed by atoms with E-state index < -0.39 is 12.2 Å². The third-order valence-corrected chi connectivity index (χ3v) is 3.45.